The first kappa shape index (κ1) is 13.0. The van der Waals surface area contributed by atoms with Gasteiger partial charge in [0.05, 0.1) is 24.5 Å². The lowest BCUT2D eigenvalue weighted by atomic mass is 10.2. The Labute approximate surface area is 86.1 Å². The van der Waals surface area contributed by atoms with Gasteiger partial charge in [-0.25, -0.2) is 4.79 Å². The second-order valence-electron chi connectivity index (χ2n) is 4.05. The van der Waals surface area contributed by atoms with E-state index >= 15 is 0 Å². The van der Waals surface area contributed by atoms with Gasteiger partial charge >= 0.3 is 5.97 Å². The van der Waals surface area contributed by atoms with Gasteiger partial charge in [-0.3, -0.25) is 0 Å². The van der Waals surface area contributed by atoms with Crippen LogP contribution in [0.2, 0.25) is 0 Å². The number of carbonyl (C=O) groups excluding carboxylic acids is 1. The predicted molar refractivity (Wildman–Crippen MR) is 55.8 cm³/mol. The average Bonchev–Trinajstić information content (AvgIpc) is 2.02. The van der Waals surface area contributed by atoms with Crippen molar-refractivity contribution < 1.29 is 14.3 Å². The molecule has 0 bridgehead atoms. The molecule has 0 spiro atoms. The van der Waals surface area contributed by atoms with Crippen LogP contribution in [0.4, 0.5) is 0 Å². The molecule has 0 aromatic rings. The summed E-state index contributed by atoms with van der Waals surface area (Å²) in [6.07, 6.45) is 4.62. The Morgan fingerprint density at radius 2 is 2.00 bits per heavy atom. The number of hydrogen-bond acceptors (Lipinski definition) is 3. The number of hydrogen-bond donors (Lipinski definition) is 0. The third kappa shape index (κ3) is 9.10. The van der Waals surface area contributed by atoms with Gasteiger partial charge in [0.15, 0.2) is 0 Å². The standard InChI is InChI=1S/C11H20O3/c1-5-6-8-13-10(12)7-9-14-11(2,3)4/h7,9H,5-6,8H2,1-4H3/b9-7+. The summed E-state index contributed by atoms with van der Waals surface area (Å²) in [6.45, 7) is 8.28. The summed E-state index contributed by atoms with van der Waals surface area (Å²) in [7, 11) is 0. The van der Waals surface area contributed by atoms with Gasteiger partial charge in [0.2, 0.25) is 0 Å². The fraction of sp³-hybridized carbons (Fsp3) is 0.727. The van der Waals surface area contributed by atoms with E-state index in [9.17, 15) is 4.79 Å². The van der Waals surface area contributed by atoms with Crippen molar-refractivity contribution in [3.63, 3.8) is 0 Å². The quantitative estimate of drug-likeness (QED) is 0.296. The molecule has 0 N–H and O–H groups in total. The molecule has 0 fully saturated rings. The van der Waals surface area contributed by atoms with Crippen LogP contribution in [0, 0.1) is 0 Å². The van der Waals surface area contributed by atoms with Crippen LogP contribution < -0.4 is 0 Å². The highest BCUT2D eigenvalue weighted by molar-refractivity contribution is 5.81. The number of esters is 1. The van der Waals surface area contributed by atoms with Gasteiger partial charge in [0.1, 0.15) is 0 Å². The molecule has 0 aromatic heterocycles. The molecule has 0 saturated heterocycles. The normalized spacial score (nSPS) is 11.7. The van der Waals surface area contributed by atoms with Gasteiger partial charge in [0, 0.05) is 0 Å². The second-order valence-corrected chi connectivity index (χ2v) is 4.05. The number of carbonyl (C=O) groups is 1. The highest BCUT2D eigenvalue weighted by Crippen LogP contribution is 2.06. The van der Waals surface area contributed by atoms with E-state index in [1.54, 1.807) is 0 Å². The number of unbranched alkanes of at least 4 members (excludes halogenated alkanes) is 1. The van der Waals surface area contributed by atoms with Crippen molar-refractivity contribution in [3.8, 4) is 0 Å². The van der Waals surface area contributed by atoms with Crippen molar-refractivity contribution in [2.45, 2.75) is 46.1 Å². The molecular weight excluding hydrogens is 180 g/mol. The minimum Gasteiger partial charge on any atom is -0.495 e. The van der Waals surface area contributed by atoms with Crippen LogP contribution in [-0.2, 0) is 14.3 Å². The van der Waals surface area contributed by atoms with E-state index < -0.39 is 0 Å². The summed E-state index contributed by atoms with van der Waals surface area (Å²) in [6, 6.07) is 0. The van der Waals surface area contributed by atoms with Gasteiger partial charge in [-0.05, 0) is 27.2 Å². The first-order chi connectivity index (χ1) is 6.45. The fourth-order valence-electron chi connectivity index (χ4n) is 0.659. The van der Waals surface area contributed by atoms with Crippen molar-refractivity contribution in [2.75, 3.05) is 6.61 Å². The molecule has 0 aliphatic heterocycles. The topological polar surface area (TPSA) is 35.5 Å². The van der Waals surface area contributed by atoms with Gasteiger partial charge in [-0.1, -0.05) is 13.3 Å². The van der Waals surface area contributed by atoms with Crippen LogP contribution in [-0.4, -0.2) is 18.2 Å². The lowest BCUT2D eigenvalue weighted by molar-refractivity contribution is -0.138. The maximum absolute atomic E-state index is 11.0. The molecule has 0 radical (unpaired) electrons. The van der Waals surface area contributed by atoms with E-state index in [4.69, 9.17) is 9.47 Å². The molecule has 3 heteroatoms. The van der Waals surface area contributed by atoms with Crippen LogP contribution in [0.3, 0.4) is 0 Å². The summed E-state index contributed by atoms with van der Waals surface area (Å²) in [5.74, 6) is -0.345. The summed E-state index contributed by atoms with van der Waals surface area (Å²) < 4.78 is 10.1. The first-order valence-corrected chi connectivity index (χ1v) is 4.97. The number of ether oxygens (including phenoxy) is 2. The molecule has 82 valence electrons. The molecule has 0 heterocycles. The van der Waals surface area contributed by atoms with Crippen molar-refractivity contribution in [1.82, 2.24) is 0 Å². The van der Waals surface area contributed by atoms with E-state index in [0.717, 1.165) is 12.8 Å². The molecule has 0 unspecified atom stereocenters. The zero-order chi connectivity index (χ0) is 11.0. The van der Waals surface area contributed by atoms with E-state index in [0.29, 0.717) is 6.61 Å². The molecule has 0 aliphatic rings. The molecule has 14 heavy (non-hydrogen) atoms. The van der Waals surface area contributed by atoms with E-state index in [-0.39, 0.29) is 11.6 Å². The Bertz CT molecular complexity index is 189. The molecule has 0 atom stereocenters. The summed E-state index contributed by atoms with van der Waals surface area (Å²) in [5.41, 5.74) is -0.264. The monoisotopic (exact) mass is 200 g/mol. The second kappa shape index (κ2) is 6.46. The zero-order valence-corrected chi connectivity index (χ0v) is 9.50. The van der Waals surface area contributed by atoms with Gasteiger partial charge in [-0.15, -0.1) is 0 Å². The highest BCUT2D eigenvalue weighted by atomic mass is 16.5. The van der Waals surface area contributed by atoms with Gasteiger partial charge in [0.25, 0.3) is 0 Å². The van der Waals surface area contributed by atoms with Crippen molar-refractivity contribution >= 4 is 5.97 Å². The van der Waals surface area contributed by atoms with E-state index in [1.165, 1.54) is 12.3 Å². The Kier molecular flexibility index (Phi) is 6.00. The Morgan fingerprint density at radius 3 is 2.50 bits per heavy atom. The van der Waals surface area contributed by atoms with E-state index in [2.05, 4.69) is 0 Å². The van der Waals surface area contributed by atoms with Crippen molar-refractivity contribution in [2.24, 2.45) is 0 Å². The van der Waals surface area contributed by atoms with Gasteiger partial charge in [-0.2, -0.15) is 0 Å². The Balaban J connectivity index is 3.61. The van der Waals surface area contributed by atoms with Gasteiger partial charge < -0.3 is 9.47 Å². The smallest absolute Gasteiger partial charge is 0.333 e. The molecule has 0 amide bonds. The molecule has 0 saturated carbocycles. The minimum atomic E-state index is -0.345. The van der Waals surface area contributed by atoms with Crippen LogP contribution >= 0.6 is 0 Å². The summed E-state index contributed by atoms with van der Waals surface area (Å²) >= 11 is 0. The maximum atomic E-state index is 11.0. The fourth-order valence-corrected chi connectivity index (χ4v) is 0.659. The molecule has 0 rings (SSSR count). The average molecular weight is 200 g/mol. The molecule has 0 aromatic carbocycles. The van der Waals surface area contributed by atoms with E-state index in [1.807, 2.05) is 27.7 Å². The zero-order valence-electron chi connectivity index (χ0n) is 9.50. The van der Waals surface area contributed by atoms with Crippen LogP contribution in [0.15, 0.2) is 12.3 Å². The van der Waals surface area contributed by atoms with Crippen LogP contribution in [0.25, 0.3) is 0 Å². The van der Waals surface area contributed by atoms with Crippen molar-refractivity contribution in [3.05, 3.63) is 12.3 Å². The maximum Gasteiger partial charge on any atom is 0.333 e. The SMILES string of the molecule is CCCCOC(=O)/C=C/OC(C)(C)C. The number of rotatable bonds is 5. The largest absolute Gasteiger partial charge is 0.495 e. The lowest BCUT2D eigenvalue weighted by Gasteiger charge is -2.17. The molecular formula is C11H20O3. The van der Waals surface area contributed by atoms with Crippen LogP contribution in [0.1, 0.15) is 40.5 Å². The Hall–Kier alpha value is -0.990. The highest BCUT2D eigenvalue weighted by Gasteiger charge is 2.07. The third-order valence-corrected chi connectivity index (χ3v) is 1.37. The Morgan fingerprint density at radius 1 is 1.36 bits per heavy atom. The minimum absolute atomic E-state index is 0.264. The predicted octanol–water partition coefficient (Wildman–Crippen LogP) is 2.66. The molecule has 3 nitrogen and oxygen atoms in total. The lowest BCUT2D eigenvalue weighted by Crippen LogP contribution is -2.15. The first-order valence-electron chi connectivity index (χ1n) is 4.97. The van der Waals surface area contributed by atoms with Crippen LogP contribution in [0.5, 0.6) is 0 Å². The van der Waals surface area contributed by atoms with Crippen molar-refractivity contribution in [1.29, 1.82) is 0 Å². The third-order valence-electron chi connectivity index (χ3n) is 1.37. The molecule has 0 aliphatic carbocycles. The summed E-state index contributed by atoms with van der Waals surface area (Å²) in [5, 5.41) is 0. The summed E-state index contributed by atoms with van der Waals surface area (Å²) in [4.78, 5) is 11.0.